The lowest BCUT2D eigenvalue weighted by Gasteiger charge is -2.17. The van der Waals surface area contributed by atoms with E-state index in [-0.39, 0.29) is 11.0 Å². The summed E-state index contributed by atoms with van der Waals surface area (Å²) in [5.74, 6) is 0.138. The number of ketones is 1. The number of Topliss-reactive ketones (excluding diaryl/α,β-unsaturated/α-hetero) is 1. The fourth-order valence-electron chi connectivity index (χ4n) is 2.78. The van der Waals surface area contributed by atoms with Crippen LogP contribution in [0.1, 0.15) is 38.7 Å². The van der Waals surface area contributed by atoms with Gasteiger partial charge in [0.2, 0.25) is 0 Å². The van der Waals surface area contributed by atoms with Gasteiger partial charge in [-0.3, -0.25) is 4.79 Å². The molecule has 3 rings (SSSR count). The minimum atomic E-state index is -0.00227. The van der Waals surface area contributed by atoms with Gasteiger partial charge in [0, 0.05) is 32.2 Å². The van der Waals surface area contributed by atoms with E-state index in [1.165, 1.54) is 5.56 Å². The van der Waals surface area contributed by atoms with Crippen LogP contribution in [0.5, 0.6) is 0 Å². The van der Waals surface area contributed by atoms with Crippen LogP contribution < -0.4 is 0 Å². The summed E-state index contributed by atoms with van der Waals surface area (Å²) >= 11 is 13.7. The summed E-state index contributed by atoms with van der Waals surface area (Å²) in [7, 11) is 0. The van der Waals surface area contributed by atoms with Crippen molar-refractivity contribution in [2.75, 3.05) is 0 Å². The minimum Gasteiger partial charge on any atom is -0.294 e. The SMILES string of the molecule is Cc1ccc(C(=O)C[C@H](Sc2ccc(Cl)cc2)c2ccc(Cl)cc2)cc1C. The van der Waals surface area contributed by atoms with Crippen molar-refractivity contribution in [2.45, 2.75) is 30.4 Å². The first kappa shape index (κ1) is 20.0. The molecule has 27 heavy (non-hydrogen) atoms. The highest BCUT2D eigenvalue weighted by Crippen LogP contribution is 2.39. The molecule has 0 unspecified atom stereocenters. The van der Waals surface area contributed by atoms with Gasteiger partial charge in [-0.15, -0.1) is 11.8 Å². The number of hydrogen-bond donors (Lipinski definition) is 0. The third-order valence-corrected chi connectivity index (χ3v) is 6.31. The van der Waals surface area contributed by atoms with Gasteiger partial charge in [0.05, 0.1) is 0 Å². The molecular weight excluding hydrogens is 395 g/mol. The topological polar surface area (TPSA) is 17.1 Å². The molecule has 0 bridgehead atoms. The molecule has 0 N–H and O–H groups in total. The second-order valence-corrected chi connectivity index (χ2v) is 8.69. The molecule has 3 aromatic carbocycles. The number of rotatable bonds is 6. The first-order chi connectivity index (χ1) is 12.9. The maximum absolute atomic E-state index is 12.9. The van der Waals surface area contributed by atoms with Gasteiger partial charge < -0.3 is 0 Å². The average molecular weight is 415 g/mol. The van der Waals surface area contributed by atoms with Crippen LogP contribution in [0, 0.1) is 13.8 Å². The fourth-order valence-corrected chi connectivity index (χ4v) is 4.19. The summed E-state index contributed by atoms with van der Waals surface area (Å²) in [5, 5.41) is 1.39. The number of thioether (sulfide) groups is 1. The van der Waals surface area contributed by atoms with Crippen LogP contribution in [0.2, 0.25) is 10.0 Å². The molecule has 3 aromatic rings. The fraction of sp³-hybridized carbons (Fsp3) is 0.174. The standard InChI is InChI=1S/C23H20Cl2OS/c1-15-3-4-18(13-16(15)2)22(26)14-23(17-5-7-19(24)8-6-17)27-21-11-9-20(25)10-12-21/h3-13,23H,14H2,1-2H3/t23-/m0/s1. The van der Waals surface area contributed by atoms with Crippen LogP contribution in [-0.2, 0) is 0 Å². The van der Waals surface area contributed by atoms with Crippen LogP contribution in [0.15, 0.2) is 71.6 Å². The lowest BCUT2D eigenvalue weighted by Crippen LogP contribution is -2.06. The van der Waals surface area contributed by atoms with E-state index in [4.69, 9.17) is 23.2 Å². The van der Waals surface area contributed by atoms with E-state index >= 15 is 0 Å². The Morgan fingerprint density at radius 1 is 0.852 bits per heavy atom. The van der Waals surface area contributed by atoms with Crippen molar-refractivity contribution in [3.8, 4) is 0 Å². The Labute approximate surface area is 174 Å². The second-order valence-electron chi connectivity index (χ2n) is 6.54. The van der Waals surface area contributed by atoms with Crippen molar-refractivity contribution in [1.29, 1.82) is 0 Å². The Hall–Kier alpha value is -1.74. The maximum Gasteiger partial charge on any atom is 0.164 e. The molecule has 0 aliphatic carbocycles. The number of halogens is 2. The smallest absolute Gasteiger partial charge is 0.164 e. The Morgan fingerprint density at radius 3 is 2.04 bits per heavy atom. The molecule has 0 saturated carbocycles. The molecule has 4 heteroatoms. The number of hydrogen-bond acceptors (Lipinski definition) is 2. The molecule has 1 atom stereocenters. The zero-order valence-corrected chi connectivity index (χ0v) is 17.5. The zero-order valence-electron chi connectivity index (χ0n) is 15.2. The normalized spacial score (nSPS) is 12.0. The quantitative estimate of drug-likeness (QED) is 0.303. The van der Waals surface area contributed by atoms with Crippen molar-refractivity contribution >= 4 is 40.7 Å². The van der Waals surface area contributed by atoms with E-state index in [1.54, 1.807) is 11.8 Å². The predicted octanol–water partition coefficient (Wildman–Crippen LogP) is 7.72. The Balaban J connectivity index is 1.86. The van der Waals surface area contributed by atoms with E-state index in [2.05, 4.69) is 6.92 Å². The lowest BCUT2D eigenvalue weighted by atomic mass is 9.99. The maximum atomic E-state index is 12.9. The van der Waals surface area contributed by atoms with Gasteiger partial charge in [0.1, 0.15) is 0 Å². The van der Waals surface area contributed by atoms with E-state index < -0.39 is 0 Å². The molecule has 0 fully saturated rings. The predicted molar refractivity (Wildman–Crippen MR) is 116 cm³/mol. The summed E-state index contributed by atoms with van der Waals surface area (Å²) in [5.41, 5.74) is 4.16. The summed E-state index contributed by atoms with van der Waals surface area (Å²) in [6.45, 7) is 4.09. The third kappa shape index (κ3) is 5.38. The van der Waals surface area contributed by atoms with Gasteiger partial charge in [0.15, 0.2) is 5.78 Å². The average Bonchev–Trinajstić information content (AvgIpc) is 2.65. The van der Waals surface area contributed by atoms with Gasteiger partial charge in [-0.25, -0.2) is 0 Å². The van der Waals surface area contributed by atoms with Crippen LogP contribution in [0.3, 0.4) is 0 Å². The van der Waals surface area contributed by atoms with Gasteiger partial charge in [-0.05, 0) is 73.0 Å². The van der Waals surface area contributed by atoms with Crippen molar-refractivity contribution in [3.05, 3.63) is 99.0 Å². The Morgan fingerprint density at radius 2 is 1.44 bits per heavy atom. The van der Waals surface area contributed by atoms with E-state index in [0.717, 1.165) is 21.6 Å². The van der Waals surface area contributed by atoms with Crippen molar-refractivity contribution < 1.29 is 4.79 Å². The van der Waals surface area contributed by atoms with E-state index in [9.17, 15) is 4.79 Å². The Bertz CT molecular complexity index is 934. The van der Waals surface area contributed by atoms with E-state index in [1.807, 2.05) is 73.7 Å². The van der Waals surface area contributed by atoms with Gasteiger partial charge in [0.25, 0.3) is 0 Å². The highest BCUT2D eigenvalue weighted by Gasteiger charge is 2.19. The third-order valence-electron chi connectivity index (χ3n) is 4.53. The molecule has 0 amide bonds. The summed E-state index contributed by atoms with van der Waals surface area (Å²) in [6, 6.07) is 21.3. The number of aryl methyl sites for hydroxylation is 2. The molecule has 0 radical (unpaired) electrons. The first-order valence-electron chi connectivity index (χ1n) is 8.70. The summed E-state index contributed by atoms with van der Waals surface area (Å²) in [6.07, 6.45) is 0.414. The van der Waals surface area contributed by atoms with Gasteiger partial charge >= 0.3 is 0 Å². The van der Waals surface area contributed by atoms with E-state index in [0.29, 0.717) is 16.5 Å². The lowest BCUT2D eigenvalue weighted by molar-refractivity contribution is 0.0982. The molecular formula is C23H20Cl2OS. The molecule has 0 aliphatic heterocycles. The summed E-state index contributed by atoms with van der Waals surface area (Å²) in [4.78, 5) is 14.0. The largest absolute Gasteiger partial charge is 0.294 e. The zero-order chi connectivity index (χ0) is 19.4. The van der Waals surface area contributed by atoms with Crippen LogP contribution in [0.25, 0.3) is 0 Å². The highest BCUT2D eigenvalue weighted by atomic mass is 35.5. The second kappa shape index (κ2) is 8.97. The highest BCUT2D eigenvalue weighted by molar-refractivity contribution is 7.99. The van der Waals surface area contributed by atoms with Crippen LogP contribution >= 0.6 is 35.0 Å². The molecule has 1 nitrogen and oxygen atoms in total. The van der Waals surface area contributed by atoms with Gasteiger partial charge in [-0.1, -0.05) is 47.5 Å². The van der Waals surface area contributed by atoms with Crippen molar-refractivity contribution in [3.63, 3.8) is 0 Å². The monoisotopic (exact) mass is 414 g/mol. The van der Waals surface area contributed by atoms with Crippen molar-refractivity contribution in [2.24, 2.45) is 0 Å². The number of benzene rings is 3. The number of carbonyl (C=O) groups excluding carboxylic acids is 1. The molecule has 0 aliphatic rings. The number of carbonyl (C=O) groups is 1. The molecule has 0 heterocycles. The molecule has 0 aromatic heterocycles. The van der Waals surface area contributed by atoms with Crippen molar-refractivity contribution in [1.82, 2.24) is 0 Å². The minimum absolute atomic E-state index is 0.00227. The van der Waals surface area contributed by atoms with Crippen LogP contribution in [-0.4, -0.2) is 5.78 Å². The molecule has 0 saturated heterocycles. The van der Waals surface area contributed by atoms with Gasteiger partial charge in [-0.2, -0.15) is 0 Å². The Kier molecular flexibility index (Phi) is 6.64. The van der Waals surface area contributed by atoms with Crippen LogP contribution in [0.4, 0.5) is 0 Å². The molecule has 138 valence electrons. The molecule has 0 spiro atoms. The first-order valence-corrected chi connectivity index (χ1v) is 10.3. The summed E-state index contributed by atoms with van der Waals surface area (Å²) < 4.78 is 0.